The number of aromatic nitrogens is 2. The Bertz CT molecular complexity index is 882. The number of likely N-dealkylation sites (N-methyl/N-ethyl adjacent to an activating group) is 1. The Labute approximate surface area is 144 Å². The maximum Gasteiger partial charge on any atom is 0.227 e. The second-order valence-corrected chi connectivity index (χ2v) is 7.33. The molecule has 1 N–H and O–H groups in total. The number of nitrogens with zero attached hydrogens (tertiary/aromatic N) is 3. The summed E-state index contributed by atoms with van der Waals surface area (Å²) in [7, 11) is 2.11. The van der Waals surface area contributed by atoms with Crippen molar-refractivity contribution in [3.05, 3.63) is 47.1 Å². The van der Waals surface area contributed by atoms with Gasteiger partial charge in [0.1, 0.15) is 0 Å². The molecule has 0 bridgehead atoms. The van der Waals surface area contributed by atoms with E-state index in [1.54, 1.807) is 11.3 Å². The van der Waals surface area contributed by atoms with Gasteiger partial charge in [-0.15, -0.1) is 11.3 Å². The molecule has 0 fully saturated rings. The number of hydrogen-bond donors (Lipinski definition) is 1. The van der Waals surface area contributed by atoms with Gasteiger partial charge in [0.25, 0.3) is 0 Å². The molecule has 1 aromatic carbocycles. The summed E-state index contributed by atoms with van der Waals surface area (Å²) in [6.07, 6.45) is 3.45. The predicted octanol–water partition coefficient (Wildman–Crippen LogP) is 3.11. The number of fused-ring (bicyclic) bond motifs is 2. The zero-order chi connectivity index (χ0) is 16.5. The Morgan fingerprint density at radius 1 is 1.33 bits per heavy atom. The lowest BCUT2D eigenvalue weighted by Gasteiger charge is -2.20. The summed E-state index contributed by atoms with van der Waals surface area (Å²) in [6, 6.07) is 10.3. The van der Waals surface area contributed by atoms with E-state index in [9.17, 15) is 4.79 Å². The topological polar surface area (TPSA) is 50.2 Å². The van der Waals surface area contributed by atoms with Crippen LogP contribution >= 0.6 is 11.3 Å². The predicted molar refractivity (Wildman–Crippen MR) is 97.3 cm³/mol. The second kappa shape index (κ2) is 6.37. The number of carbonyl (C=O) groups is 1. The van der Waals surface area contributed by atoms with Crippen molar-refractivity contribution in [2.75, 3.05) is 18.9 Å². The van der Waals surface area contributed by atoms with Crippen LogP contribution in [0.15, 0.2) is 36.5 Å². The Kier molecular flexibility index (Phi) is 4.08. The zero-order valence-corrected chi connectivity index (χ0v) is 14.5. The molecule has 0 aliphatic carbocycles. The molecule has 0 unspecified atom stereocenters. The second-order valence-electron chi connectivity index (χ2n) is 6.24. The molecule has 0 spiro atoms. The van der Waals surface area contributed by atoms with E-state index in [0.717, 1.165) is 35.9 Å². The van der Waals surface area contributed by atoms with Crippen LogP contribution in [0.5, 0.6) is 0 Å². The van der Waals surface area contributed by atoms with E-state index >= 15 is 0 Å². The lowest BCUT2D eigenvalue weighted by atomic mass is 10.2. The molecular formula is C18H20N4OS. The number of hydrogen-bond acceptors (Lipinski definition) is 4. The van der Waals surface area contributed by atoms with Crippen molar-refractivity contribution in [1.29, 1.82) is 0 Å². The molecule has 1 aliphatic rings. The molecule has 1 amide bonds. The number of amides is 1. The molecule has 5 nitrogen and oxygen atoms in total. The SMILES string of the molecule is CN1CCc2nc(NC(=O)CCn3ccc4ccccc43)sc2C1. The minimum absolute atomic E-state index is 0.0206. The quantitative estimate of drug-likeness (QED) is 0.794. The first-order valence-corrected chi connectivity index (χ1v) is 9.01. The smallest absolute Gasteiger partial charge is 0.227 e. The fourth-order valence-corrected chi connectivity index (χ4v) is 4.22. The van der Waals surface area contributed by atoms with E-state index in [4.69, 9.17) is 0 Å². The van der Waals surface area contributed by atoms with E-state index in [2.05, 4.69) is 45.0 Å². The number of nitrogens with one attached hydrogen (secondary N) is 1. The van der Waals surface area contributed by atoms with Crippen LogP contribution in [0.1, 0.15) is 17.0 Å². The van der Waals surface area contributed by atoms with Gasteiger partial charge in [0.15, 0.2) is 5.13 Å². The van der Waals surface area contributed by atoms with Crippen molar-refractivity contribution in [3.8, 4) is 0 Å². The van der Waals surface area contributed by atoms with Gasteiger partial charge < -0.3 is 14.8 Å². The van der Waals surface area contributed by atoms with Gasteiger partial charge in [-0.2, -0.15) is 0 Å². The van der Waals surface area contributed by atoms with Gasteiger partial charge in [-0.25, -0.2) is 4.98 Å². The molecule has 0 saturated heterocycles. The van der Waals surface area contributed by atoms with Gasteiger partial charge in [0.2, 0.25) is 5.91 Å². The van der Waals surface area contributed by atoms with Crippen LogP contribution in [0, 0.1) is 0 Å². The molecule has 24 heavy (non-hydrogen) atoms. The third-order valence-electron chi connectivity index (χ3n) is 4.43. The highest BCUT2D eigenvalue weighted by atomic mass is 32.1. The highest BCUT2D eigenvalue weighted by Gasteiger charge is 2.19. The molecule has 2 aromatic heterocycles. The number of rotatable bonds is 4. The van der Waals surface area contributed by atoms with E-state index in [1.807, 2.05) is 18.3 Å². The molecule has 3 heterocycles. The molecule has 0 radical (unpaired) electrons. The molecule has 3 aromatic rings. The van der Waals surface area contributed by atoms with Gasteiger partial charge in [0, 0.05) is 49.1 Å². The largest absolute Gasteiger partial charge is 0.347 e. The molecule has 6 heteroatoms. The van der Waals surface area contributed by atoms with Crippen LogP contribution in [-0.4, -0.2) is 34.0 Å². The monoisotopic (exact) mass is 340 g/mol. The molecular weight excluding hydrogens is 320 g/mol. The van der Waals surface area contributed by atoms with Crippen LogP contribution < -0.4 is 5.32 Å². The van der Waals surface area contributed by atoms with Gasteiger partial charge in [-0.1, -0.05) is 18.2 Å². The molecule has 4 rings (SSSR count). The fraction of sp³-hybridized carbons (Fsp3) is 0.333. The maximum atomic E-state index is 12.3. The number of carbonyl (C=O) groups excluding carboxylic acids is 1. The molecule has 1 aliphatic heterocycles. The van der Waals surface area contributed by atoms with Crippen molar-refractivity contribution in [2.24, 2.45) is 0 Å². The van der Waals surface area contributed by atoms with Gasteiger partial charge in [-0.05, 0) is 24.6 Å². The van der Waals surface area contributed by atoms with Crippen molar-refractivity contribution in [1.82, 2.24) is 14.5 Å². The van der Waals surface area contributed by atoms with E-state index in [-0.39, 0.29) is 5.91 Å². The lowest BCUT2D eigenvalue weighted by molar-refractivity contribution is -0.116. The first-order valence-electron chi connectivity index (χ1n) is 8.20. The molecule has 0 atom stereocenters. The minimum atomic E-state index is 0.0206. The zero-order valence-electron chi connectivity index (χ0n) is 13.7. The van der Waals surface area contributed by atoms with Crippen LogP contribution in [0.2, 0.25) is 0 Å². The van der Waals surface area contributed by atoms with Gasteiger partial charge in [0.05, 0.1) is 5.69 Å². The van der Waals surface area contributed by atoms with E-state index in [1.165, 1.54) is 10.3 Å². The summed E-state index contributed by atoms with van der Waals surface area (Å²) >= 11 is 1.60. The Morgan fingerprint density at radius 3 is 3.12 bits per heavy atom. The summed E-state index contributed by atoms with van der Waals surface area (Å²) in [4.78, 5) is 20.4. The van der Waals surface area contributed by atoms with E-state index < -0.39 is 0 Å². The standard InChI is InChI=1S/C18H20N4OS/c1-21-9-7-14-16(12-21)24-18(19-14)20-17(23)8-11-22-10-6-13-4-2-3-5-15(13)22/h2-6,10H,7-9,11-12H2,1H3,(H,19,20,23). The first kappa shape index (κ1) is 15.4. The molecule has 124 valence electrons. The summed E-state index contributed by atoms with van der Waals surface area (Å²) in [5.41, 5.74) is 2.31. The fourth-order valence-electron chi connectivity index (χ4n) is 3.12. The van der Waals surface area contributed by atoms with Gasteiger partial charge >= 0.3 is 0 Å². The number of aryl methyl sites for hydroxylation is 1. The highest BCUT2D eigenvalue weighted by molar-refractivity contribution is 7.15. The summed E-state index contributed by atoms with van der Waals surface area (Å²) in [5, 5.41) is 4.90. The molecule has 0 saturated carbocycles. The number of thiazole rings is 1. The van der Waals surface area contributed by atoms with Crippen molar-refractivity contribution in [2.45, 2.75) is 25.9 Å². The average Bonchev–Trinajstić information content (AvgIpc) is 3.16. The summed E-state index contributed by atoms with van der Waals surface area (Å²) < 4.78 is 2.12. The Morgan fingerprint density at radius 2 is 2.21 bits per heavy atom. The maximum absolute atomic E-state index is 12.3. The Balaban J connectivity index is 1.39. The highest BCUT2D eigenvalue weighted by Crippen LogP contribution is 2.27. The van der Waals surface area contributed by atoms with Crippen LogP contribution in [-0.2, 0) is 24.3 Å². The number of anilines is 1. The number of benzene rings is 1. The lowest BCUT2D eigenvalue weighted by Crippen LogP contribution is -2.25. The average molecular weight is 340 g/mol. The van der Waals surface area contributed by atoms with Crippen LogP contribution in [0.3, 0.4) is 0 Å². The summed E-state index contributed by atoms with van der Waals surface area (Å²) in [6.45, 7) is 2.64. The van der Waals surface area contributed by atoms with Crippen LogP contribution in [0.4, 0.5) is 5.13 Å². The van der Waals surface area contributed by atoms with Crippen LogP contribution in [0.25, 0.3) is 10.9 Å². The summed E-state index contributed by atoms with van der Waals surface area (Å²) in [5.74, 6) is 0.0206. The van der Waals surface area contributed by atoms with Crippen molar-refractivity contribution < 1.29 is 4.79 Å². The van der Waals surface area contributed by atoms with Gasteiger partial charge in [-0.3, -0.25) is 4.79 Å². The van der Waals surface area contributed by atoms with E-state index in [0.29, 0.717) is 13.0 Å². The third kappa shape index (κ3) is 3.07. The van der Waals surface area contributed by atoms with Crippen molar-refractivity contribution in [3.63, 3.8) is 0 Å². The Hall–Kier alpha value is -2.18. The minimum Gasteiger partial charge on any atom is -0.347 e. The third-order valence-corrected chi connectivity index (χ3v) is 5.43. The normalized spacial score (nSPS) is 14.7. The van der Waals surface area contributed by atoms with Crippen molar-refractivity contribution >= 4 is 33.3 Å². The number of para-hydroxylation sites is 1. The first-order chi connectivity index (χ1) is 11.7.